The number of pyridine rings is 1. The van der Waals surface area contributed by atoms with Gasteiger partial charge in [-0.1, -0.05) is 24.3 Å². The van der Waals surface area contributed by atoms with Crippen molar-refractivity contribution in [3.63, 3.8) is 0 Å². The highest BCUT2D eigenvalue weighted by molar-refractivity contribution is 7.90. The molecule has 37 heavy (non-hydrogen) atoms. The second kappa shape index (κ2) is 10.8. The van der Waals surface area contributed by atoms with E-state index in [-0.39, 0.29) is 36.5 Å². The summed E-state index contributed by atoms with van der Waals surface area (Å²) in [6, 6.07) is 10.7. The van der Waals surface area contributed by atoms with E-state index in [1.807, 2.05) is 24.3 Å². The van der Waals surface area contributed by atoms with Crippen LogP contribution in [0.2, 0.25) is 0 Å². The van der Waals surface area contributed by atoms with Gasteiger partial charge in [0, 0.05) is 48.7 Å². The van der Waals surface area contributed by atoms with Gasteiger partial charge >= 0.3 is 0 Å². The van der Waals surface area contributed by atoms with Crippen molar-refractivity contribution in [2.24, 2.45) is 22.4 Å². The SMILES string of the molecule is CS(=O)(=O)CCN=CC(=CN)c1cccc(CC(=O)Nc2cc(N3CC[C@@](N)(C4CC4)C3=O)ccn2)c1. The lowest BCUT2D eigenvalue weighted by Crippen LogP contribution is -2.50. The monoisotopic (exact) mass is 524 g/mol. The minimum Gasteiger partial charge on any atom is -0.404 e. The van der Waals surface area contributed by atoms with Crippen LogP contribution in [0.15, 0.2) is 53.8 Å². The van der Waals surface area contributed by atoms with Crippen molar-refractivity contribution in [3.05, 3.63) is 59.9 Å². The van der Waals surface area contributed by atoms with Crippen molar-refractivity contribution in [3.8, 4) is 0 Å². The van der Waals surface area contributed by atoms with Gasteiger partial charge in [0.15, 0.2) is 0 Å². The molecule has 1 aliphatic carbocycles. The standard InChI is InChI=1S/C26H32N6O4S/c1-37(35,36)12-10-29-17-20(16-27)19-4-2-3-18(13-19)14-24(33)31-23-15-22(7-9-30-23)32-11-8-26(28,25(32)34)21-5-6-21/h2-4,7,9,13,15-17,21H,5-6,8,10-12,14,27-28H2,1H3,(H,30,31,33)/t26-/m1/s1. The topological polar surface area (TPSA) is 161 Å². The first-order valence-corrected chi connectivity index (χ1v) is 14.2. The molecule has 2 amide bonds. The van der Waals surface area contributed by atoms with Gasteiger partial charge in [0.2, 0.25) is 11.8 Å². The smallest absolute Gasteiger partial charge is 0.247 e. The number of benzene rings is 1. The van der Waals surface area contributed by atoms with Crippen LogP contribution in [-0.4, -0.2) is 62.1 Å². The molecule has 1 atom stereocenters. The molecule has 2 aromatic rings. The summed E-state index contributed by atoms with van der Waals surface area (Å²) >= 11 is 0. The summed E-state index contributed by atoms with van der Waals surface area (Å²) in [5.74, 6) is 0.235. The molecule has 0 radical (unpaired) electrons. The van der Waals surface area contributed by atoms with Crippen molar-refractivity contribution in [1.29, 1.82) is 0 Å². The lowest BCUT2D eigenvalue weighted by molar-refractivity contribution is -0.122. The first-order valence-electron chi connectivity index (χ1n) is 12.1. The van der Waals surface area contributed by atoms with Crippen LogP contribution in [0.3, 0.4) is 0 Å². The number of hydrogen-bond acceptors (Lipinski definition) is 8. The van der Waals surface area contributed by atoms with Gasteiger partial charge in [-0.3, -0.25) is 14.6 Å². The number of hydrogen-bond donors (Lipinski definition) is 3. The minimum absolute atomic E-state index is 0.0453. The van der Waals surface area contributed by atoms with Crippen molar-refractivity contribution < 1.29 is 18.0 Å². The molecule has 11 heteroatoms. The highest BCUT2D eigenvalue weighted by Gasteiger charge is 2.53. The van der Waals surface area contributed by atoms with Crippen LogP contribution in [0.25, 0.3) is 5.57 Å². The Labute approximate surface area is 216 Å². The summed E-state index contributed by atoms with van der Waals surface area (Å²) in [5.41, 5.74) is 14.2. The summed E-state index contributed by atoms with van der Waals surface area (Å²) in [4.78, 5) is 35.8. The maximum Gasteiger partial charge on any atom is 0.247 e. The molecule has 196 valence electrons. The molecule has 2 heterocycles. The van der Waals surface area contributed by atoms with Gasteiger partial charge in [0.05, 0.1) is 18.7 Å². The van der Waals surface area contributed by atoms with Crippen LogP contribution in [0.4, 0.5) is 11.5 Å². The van der Waals surface area contributed by atoms with E-state index in [2.05, 4.69) is 15.3 Å². The summed E-state index contributed by atoms with van der Waals surface area (Å²) in [6.07, 6.45) is 8.34. The molecule has 1 aromatic carbocycles. The molecular formula is C26H32N6O4S. The summed E-state index contributed by atoms with van der Waals surface area (Å²) in [7, 11) is -3.10. The van der Waals surface area contributed by atoms with Crippen LogP contribution in [-0.2, 0) is 25.8 Å². The van der Waals surface area contributed by atoms with E-state index in [4.69, 9.17) is 11.5 Å². The van der Waals surface area contributed by atoms with Crippen LogP contribution in [0.5, 0.6) is 0 Å². The average Bonchev–Trinajstić information content (AvgIpc) is 3.65. The summed E-state index contributed by atoms with van der Waals surface area (Å²) in [6.45, 7) is 0.685. The quantitative estimate of drug-likeness (QED) is 0.397. The Hall–Kier alpha value is -3.57. The normalized spacial score (nSPS) is 20.5. The fraction of sp³-hybridized carbons (Fsp3) is 0.385. The van der Waals surface area contributed by atoms with Gasteiger partial charge in [-0.05, 0) is 42.4 Å². The Kier molecular flexibility index (Phi) is 7.74. The van der Waals surface area contributed by atoms with Gasteiger partial charge in [-0.15, -0.1) is 0 Å². The van der Waals surface area contributed by atoms with Gasteiger partial charge < -0.3 is 21.7 Å². The Balaban J connectivity index is 1.38. The molecular weight excluding hydrogens is 492 g/mol. The number of carbonyl (C=O) groups is 2. The highest BCUT2D eigenvalue weighted by atomic mass is 32.2. The van der Waals surface area contributed by atoms with Gasteiger partial charge in [-0.2, -0.15) is 0 Å². The maximum atomic E-state index is 13.0. The number of nitrogens with one attached hydrogen (secondary N) is 1. The van der Waals surface area contributed by atoms with Gasteiger partial charge in [-0.25, -0.2) is 13.4 Å². The van der Waals surface area contributed by atoms with Crippen LogP contribution in [0.1, 0.15) is 30.4 Å². The van der Waals surface area contributed by atoms with E-state index in [1.165, 1.54) is 12.4 Å². The Morgan fingerprint density at radius 1 is 1.30 bits per heavy atom. The third-order valence-corrected chi connectivity index (χ3v) is 7.57. The number of allylic oxidation sites excluding steroid dienone is 1. The number of amides is 2. The van der Waals surface area contributed by atoms with Crippen molar-refractivity contribution >= 4 is 44.9 Å². The van der Waals surface area contributed by atoms with E-state index in [0.29, 0.717) is 30.0 Å². The number of aliphatic imine (C=N–C) groups is 1. The number of nitrogens with zero attached hydrogens (tertiary/aromatic N) is 3. The number of sulfone groups is 1. The predicted molar refractivity (Wildman–Crippen MR) is 145 cm³/mol. The minimum atomic E-state index is -3.10. The molecule has 1 saturated heterocycles. The Morgan fingerprint density at radius 2 is 2.08 bits per heavy atom. The van der Waals surface area contributed by atoms with Crippen LogP contribution < -0.4 is 21.7 Å². The van der Waals surface area contributed by atoms with E-state index in [0.717, 1.165) is 30.2 Å². The number of rotatable bonds is 10. The molecule has 0 unspecified atom stereocenters. The average molecular weight is 525 g/mol. The second-order valence-corrected chi connectivity index (χ2v) is 11.9. The van der Waals surface area contributed by atoms with Crippen LogP contribution in [0, 0.1) is 5.92 Å². The fourth-order valence-electron chi connectivity index (χ4n) is 4.46. The van der Waals surface area contributed by atoms with Crippen molar-refractivity contribution in [1.82, 2.24) is 4.98 Å². The molecule has 1 aliphatic heterocycles. The largest absolute Gasteiger partial charge is 0.404 e. The zero-order chi connectivity index (χ0) is 26.6. The third kappa shape index (κ3) is 6.60. The van der Waals surface area contributed by atoms with E-state index in [1.54, 1.807) is 23.2 Å². The third-order valence-electron chi connectivity index (χ3n) is 6.65. The first-order chi connectivity index (χ1) is 17.6. The zero-order valence-electron chi connectivity index (χ0n) is 20.8. The molecule has 10 nitrogen and oxygen atoms in total. The van der Waals surface area contributed by atoms with E-state index >= 15 is 0 Å². The lowest BCUT2D eigenvalue weighted by Gasteiger charge is -2.23. The number of anilines is 2. The molecule has 0 spiro atoms. The maximum absolute atomic E-state index is 13.0. The summed E-state index contributed by atoms with van der Waals surface area (Å²) < 4.78 is 22.5. The first kappa shape index (κ1) is 26.5. The molecule has 1 saturated carbocycles. The van der Waals surface area contributed by atoms with Gasteiger partial charge in [0.25, 0.3) is 0 Å². The molecule has 2 aliphatic rings. The summed E-state index contributed by atoms with van der Waals surface area (Å²) in [5, 5.41) is 2.80. The Morgan fingerprint density at radius 3 is 2.78 bits per heavy atom. The van der Waals surface area contributed by atoms with E-state index < -0.39 is 15.4 Å². The molecule has 0 bridgehead atoms. The fourth-order valence-corrected chi connectivity index (χ4v) is 4.90. The molecule has 4 rings (SSSR count). The van der Waals surface area contributed by atoms with Gasteiger partial charge in [0.1, 0.15) is 21.2 Å². The second-order valence-electron chi connectivity index (χ2n) is 9.63. The number of nitrogens with two attached hydrogens (primary N) is 2. The number of aromatic nitrogens is 1. The highest BCUT2D eigenvalue weighted by Crippen LogP contribution is 2.44. The van der Waals surface area contributed by atoms with Crippen LogP contribution >= 0.6 is 0 Å². The molecule has 2 fully saturated rings. The van der Waals surface area contributed by atoms with E-state index in [9.17, 15) is 18.0 Å². The van der Waals surface area contributed by atoms with Crippen molar-refractivity contribution in [2.75, 3.05) is 35.3 Å². The molecule has 5 N–H and O–H groups in total. The predicted octanol–water partition coefficient (Wildman–Crippen LogP) is 1.52. The lowest BCUT2D eigenvalue weighted by atomic mass is 9.93. The van der Waals surface area contributed by atoms with Crippen molar-refractivity contribution in [2.45, 2.75) is 31.2 Å². The zero-order valence-corrected chi connectivity index (χ0v) is 21.6. The molecule has 1 aromatic heterocycles. The Bertz CT molecular complexity index is 1350. The number of carbonyl (C=O) groups excluding carboxylic acids is 2.